The van der Waals surface area contributed by atoms with Gasteiger partial charge in [-0.15, -0.1) is 0 Å². The third kappa shape index (κ3) is 49.0. The van der Waals surface area contributed by atoms with Crippen LogP contribution in [0.1, 0.15) is 31.4 Å². The molecule has 0 N–H and O–H groups in total. The van der Waals surface area contributed by atoms with Crippen molar-refractivity contribution < 1.29 is 360 Å². The van der Waals surface area contributed by atoms with Crippen molar-refractivity contribution in [3.8, 4) is 0 Å². The fourth-order valence-corrected chi connectivity index (χ4v) is 1.51. The van der Waals surface area contributed by atoms with Gasteiger partial charge in [0.25, 0.3) is 0 Å². The first kappa shape index (κ1) is 90.9. The van der Waals surface area contributed by atoms with Gasteiger partial charge in [0.05, 0.1) is 0 Å². The number of fused-ring (bicyclic) bond motifs is 1. The zero-order chi connectivity index (χ0) is 8.10. The van der Waals surface area contributed by atoms with Crippen LogP contribution in [0.5, 0.6) is 0 Å². The van der Waals surface area contributed by atoms with Crippen LogP contribution < -0.4 is 0 Å². The van der Waals surface area contributed by atoms with E-state index in [1.54, 1.807) is 11.1 Å². The maximum absolute atomic E-state index is 2.24. The smallest absolute Gasteiger partial charge is 0 e. The molecule has 0 spiro atoms. The Morgan fingerprint density at radius 2 is 0.720 bits per heavy atom. The van der Waals surface area contributed by atoms with Crippen molar-refractivity contribution in [2.24, 2.45) is 0 Å². The second kappa shape index (κ2) is 70.4. The molecule has 12 heteroatoms. The van der Waals surface area contributed by atoms with E-state index in [4.69, 9.17) is 0 Å². The van der Waals surface area contributed by atoms with Crippen LogP contribution in [-0.2, 0) is 373 Å². The molecule has 0 aromatic heterocycles. The second-order valence-electron chi connectivity index (χ2n) is 2.62. The molecule has 14 radical (unpaired) electrons. The molecule has 0 saturated carbocycles. The van der Waals surface area contributed by atoms with E-state index < -0.39 is 0 Å². The SMILES string of the molecule is CC.[B].[CH3-].[CH3-].[Y].[Y].[Y].[Y].[Y].[Y].[Y].[Y].[Y].[Y].[Y].c1ccc2c(c1)CCC2. The Bertz CT molecular complexity index is 220. The van der Waals surface area contributed by atoms with Crippen molar-refractivity contribution in [2.45, 2.75) is 33.1 Å². The summed E-state index contributed by atoms with van der Waals surface area (Å²) < 4.78 is 0. The van der Waals surface area contributed by atoms with E-state index in [1.807, 2.05) is 13.8 Å². The Hall–Kier alpha value is 11.4. The van der Waals surface area contributed by atoms with Gasteiger partial charge in [0.1, 0.15) is 0 Å². The quantitative estimate of drug-likeness (QED) is 0.275. The Morgan fingerprint density at radius 3 is 0.920 bits per heavy atom. The first-order valence-electron chi connectivity index (χ1n) is 4.53. The van der Waals surface area contributed by atoms with Crippen LogP contribution in [0.15, 0.2) is 24.3 Å². The van der Waals surface area contributed by atoms with Crippen LogP contribution >= 0.6 is 0 Å². The van der Waals surface area contributed by atoms with Gasteiger partial charge in [-0.2, -0.15) is 0 Å². The topological polar surface area (TPSA) is 0 Å². The summed E-state index contributed by atoms with van der Waals surface area (Å²) in [5.74, 6) is 0. The third-order valence-electron chi connectivity index (χ3n) is 2.01. The molecule has 1 aromatic carbocycles. The molecule has 0 bridgehead atoms. The molecule has 0 heterocycles. The van der Waals surface area contributed by atoms with Gasteiger partial charge >= 0.3 is 0 Å². The van der Waals surface area contributed by atoms with Crippen molar-refractivity contribution in [3.05, 3.63) is 50.2 Å². The average Bonchev–Trinajstić information content (AvgIpc) is 2.55. The molecule has 1 aliphatic rings. The van der Waals surface area contributed by atoms with E-state index in [-0.39, 0.29) is 383 Å². The predicted octanol–water partition coefficient (Wildman–Crippen LogP) is 3.69. The first-order chi connectivity index (χ1) is 5.47. The van der Waals surface area contributed by atoms with Crippen LogP contribution in [0, 0.1) is 14.9 Å². The standard InChI is InChI=1S/C9H10.C2H6.2CH3.B.11Y/c1-2-5-9-7-3-6-8(9)4-1;1-2;;;;;;;;;;;;;;/h1-2,4-5H,3,6-7H2;1-2H3;2*1H3;;;;;;;;;;;;/q;;2*-1;;;;;;;;;;;;. The van der Waals surface area contributed by atoms with Crippen LogP contribution in [0.25, 0.3) is 0 Å². The minimum atomic E-state index is 0. The van der Waals surface area contributed by atoms with Crippen molar-refractivity contribution in [1.29, 1.82) is 0 Å². The summed E-state index contributed by atoms with van der Waals surface area (Å²) in [7, 11) is 0. The number of benzene rings is 1. The largest absolute Gasteiger partial charge is 0.358 e. The Balaban J connectivity index is -0.00000000613. The molecular weight excluding hydrogens is 1140 g/mol. The summed E-state index contributed by atoms with van der Waals surface area (Å²) >= 11 is 0. The summed E-state index contributed by atoms with van der Waals surface area (Å²) in [4.78, 5) is 0. The van der Waals surface area contributed by atoms with E-state index in [0.29, 0.717) is 0 Å². The van der Waals surface area contributed by atoms with E-state index in [0.717, 1.165) is 0 Å². The predicted molar refractivity (Wildman–Crippen MR) is 68.4 cm³/mol. The zero-order valence-electron chi connectivity index (χ0n) is 16.4. The molecule has 2 rings (SSSR count). The monoisotopic (exact) mass is 1170 g/mol. The molecule has 0 aliphatic heterocycles. The van der Waals surface area contributed by atoms with Crippen LogP contribution in [0.2, 0.25) is 0 Å². The normalized spacial score (nSPS) is 5.84. The Kier molecular flexibility index (Phi) is 256. The van der Waals surface area contributed by atoms with E-state index in [9.17, 15) is 0 Å². The summed E-state index contributed by atoms with van der Waals surface area (Å²) in [6, 6.07) is 8.74. The van der Waals surface area contributed by atoms with Crippen molar-refractivity contribution in [2.75, 3.05) is 0 Å². The fourth-order valence-electron chi connectivity index (χ4n) is 1.51. The van der Waals surface area contributed by atoms with Gasteiger partial charge in [0, 0.05) is 368 Å². The molecule has 1 aliphatic carbocycles. The number of aryl methyl sites for hydroxylation is 2. The molecule has 1 aromatic rings. The van der Waals surface area contributed by atoms with Crippen molar-refractivity contribution in [1.82, 2.24) is 0 Å². The Labute approximate surface area is 438 Å². The van der Waals surface area contributed by atoms with Crippen molar-refractivity contribution in [3.63, 3.8) is 0 Å². The fraction of sp³-hybridized carbons (Fsp3) is 0.385. The van der Waals surface area contributed by atoms with Gasteiger partial charge in [-0.05, 0) is 30.4 Å². The van der Waals surface area contributed by atoms with Gasteiger partial charge in [0.2, 0.25) is 0 Å². The maximum Gasteiger partial charge on any atom is 0 e. The van der Waals surface area contributed by atoms with Gasteiger partial charge in [-0.25, -0.2) is 0 Å². The van der Waals surface area contributed by atoms with Gasteiger partial charge in [0.15, 0.2) is 0 Å². The van der Waals surface area contributed by atoms with Crippen LogP contribution in [0.3, 0.4) is 0 Å². The molecule has 0 amide bonds. The molecular formula is C13H22BY11-2. The molecule has 0 saturated heterocycles. The van der Waals surface area contributed by atoms with E-state index in [1.165, 1.54) is 19.3 Å². The van der Waals surface area contributed by atoms with E-state index in [2.05, 4.69) is 24.3 Å². The second-order valence-corrected chi connectivity index (χ2v) is 2.62. The zero-order valence-corrected chi connectivity index (χ0v) is 47.6. The molecule has 0 nitrogen and oxygen atoms in total. The minimum absolute atomic E-state index is 0. The maximum atomic E-state index is 2.24. The van der Waals surface area contributed by atoms with Crippen LogP contribution in [-0.4, -0.2) is 8.41 Å². The Morgan fingerprint density at radius 1 is 0.520 bits per heavy atom. The molecule has 25 heavy (non-hydrogen) atoms. The van der Waals surface area contributed by atoms with Crippen molar-refractivity contribution >= 4 is 8.41 Å². The summed E-state index contributed by atoms with van der Waals surface area (Å²) in [6.07, 6.45) is 3.96. The number of hydrogen-bond donors (Lipinski definition) is 0. The summed E-state index contributed by atoms with van der Waals surface area (Å²) in [6.45, 7) is 4.00. The van der Waals surface area contributed by atoms with E-state index >= 15 is 0 Å². The number of hydrogen-bond acceptors (Lipinski definition) is 0. The average molecular weight is 1170 g/mol. The number of rotatable bonds is 0. The third-order valence-corrected chi connectivity index (χ3v) is 2.01. The van der Waals surface area contributed by atoms with Gasteiger partial charge in [-0.3, -0.25) is 0 Å². The van der Waals surface area contributed by atoms with Crippen LogP contribution in [0.4, 0.5) is 0 Å². The minimum Gasteiger partial charge on any atom is -0.358 e. The molecule has 0 fully saturated rings. The molecule has 0 unspecified atom stereocenters. The summed E-state index contributed by atoms with van der Waals surface area (Å²) in [5.41, 5.74) is 3.13. The first-order valence-corrected chi connectivity index (χ1v) is 4.53. The molecule has 0 atom stereocenters. The molecule has 112 valence electrons. The summed E-state index contributed by atoms with van der Waals surface area (Å²) in [5, 5.41) is 0. The van der Waals surface area contributed by atoms with Gasteiger partial charge in [-0.1, -0.05) is 38.1 Å². The van der Waals surface area contributed by atoms with Gasteiger partial charge < -0.3 is 14.9 Å².